The lowest BCUT2D eigenvalue weighted by atomic mass is 10.2. The zero-order valence-electron chi connectivity index (χ0n) is 13.9. The molecule has 0 spiro atoms. The van der Waals surface area contributed by atoms with E-state index in [0.29, 0.717) is 32.8 Å². The van der Waals surface area contributed by atoms with Gasteiger partial charge in [-0.05, 0) is 5.56 Å². The van der Waals surface area contributed by atoms with Crippen molar-refractivity contribution in [2.45, 2.75) is 6.61 Å². The van der Waals surface area contributed by atoms with E-state index in [4.69, 9.17) is 4.74 Å². The minimum absolute atomic E-state index is 0.0882. The number of aromatic nitrogens is 2. The van der Waals surface area contributed by atoms with Crippen LogP contribution in [0.2, 0.25) is 0 Å². The maximum atomic E-state index is 12.5. The van der Waals surface area contributed by atoms with Crippen LogP contribution >= 0.6 is 0 Å². The maximum Gasteiger partial charge on any atom is 0.331 e. The van der Waals surface area contributed by atoms with E-state index in [9.17, 15) is 14.9 Å². The number of anilines is 1. The van der Waals surface area contributed by atoms with Crippen molar-refractivity contribution in [3.8, 4) is 0 Å². The van der Waals surface area contributed by atoms with Crippen molar-refractivity contribution in [1.29, 1.82) is 0 Å². The third-order valence-electron chi connectivity index (χ3n) is 3.96. The number of ether oxygens (including phenoxy) is 1. The number of nitro groups is 1. The quantitative estimate of drug-likeness (QED) is 0.433. The molecule has 0 radical (unpaired) electrons. The SMILES string of the molecule is Cn1cc([N+](=O)[O-])c(N2CCN(CCOCc3ccccc3)C2=O)n1. The highest BCUT2D eigenvalue weighted by molar-refractivity contribution is 5.95. The fourth-order valence-electron chi connectivity index (χ4n) is 2.71. The van der Waals surface area contributed by atoms with Gasteiger partial charge in [0, 0.05) is 26.7 Å². The topological polar surface area (TPSA) is 93.7 Å². The van der Waals surface area contributed by atoms with E-state index in [-0.39, 0.29) is 17.5 Å². The molecule has 1 aromatic heterocycles. The minimum atomic E-state index is -0.527. The Hall–Kier alpha value is -2.94. The van der Waals surface area contributed by atoms with Gasteiger partial charge >= 0.3 is 11.7 Å². The first-order chi connectivity index (χ1) is 12.1. The van der Waals surface area contributed by atoms with Gasteiger partial charge in [0.1, 0.15) is 6.20 Å². The summed E-state index contributed by atoms with van der Waals surface area (Å²) in [6.45, 7) is 2.18. The molecule has 0 saturated carbocycles. The Kier molecular flexibility index (Phi) is 4.94. The maximum absolute atomic E-state index is 12.5. The molecule has 1 fully saturated rings. The average Bonchev–Trinajstić information content (AvgIpc) is 3.15. The highest BCUT2D eigenvalue weighted by Crippen LogP contribution is 2.28. The Morgan fingerprint density at radius 1 is 1.28 bits per heavy atom. The van der Waals surface area contributed by atoms with Gasteiger partial charge in [0.25, 0.3) is 0 Å². The van der Waals surface area contributed by atoms with Crippen LogP contribution in [0.1, 0.15) is 5.56 Å². The molecule has 25 heavy (non-hydrogen) atoms. The molecule has 0 N–H and O–H groups in total. The highest BCUT2D eigenvalue weighted by Gasteiger charge is 2.35. The molecule has 3 rings (SSSR count). The predicted octanol–water partition coefficient (Wildman–Crippen LogP) is 1.79. The lowest BCUT2D eigenvalue weighted by Gasteiger charge is -2.16. The third-order valence-corrected chi connectivity index (χ3v) is 3.96. The Labute approximate surface area is 144 Å². The number of carbonyl (C=O) groups excluding carboxylic acids is 1. The monoisotopic (exact) mass is 345 g/mol. The first kappa shape index (κ1) is 16.9. The molecule has 0 aliphatic carbocycles. The second-order valence-electron chi connectivity index (χ2n) is 5.73. The molecule has 0 bridgehead atoms. The smallest absolute Gasteiger partial charge is 0.331 e. The van der Waals surface area contributed by atoms with Gasteiger partial charge in [-0.3, -0.25) is 19.7 Å². The van der Waals surface area contributed by atoms with Gasteiger partial charge in [-0.1, -0.05) is 30.3 Å². The van der Waals surface area contributed by atoms with Crippen molar-refractivity contribution in [3.63, 3.8) is 0 Å². The van der Waals surface area contributed by atoms with E-state index in [1.807, 2.05) is 30.3 Å². The lowest BCUT2D eigenvalue weighted by Crippen LogP contribution is -2.34. The fraction of sp³-hybridized carbons (Fsp3) is 0.375. The second-order valence-corrected chi connectivity index (χ2v) is 5.73. The van der Waals surface area contributed by atoms with Crippen LogP contribution in [0.25, 0.3) is 0 Å². The van der Waals surface area contributed by atoms with Crippen molar-refractivity contribution in [1.82, 2.24) is 14.7 Å². The van der Waals surface area contributed by atoms with Gasteiger partial charge in [0.15, 0.2) is 0 Å². The van der Waals surface area contributed by atoms with E-state index in [0.717, 1.165) is 5.56 Å². The molecule has 1 aliphatic rings. The average molecular weight is 345 g/mol. The van der Waals surface area contributed by atoms with Gasteiger partial charge in [-0.2, -0.15) is 0 Å². The van der Waals surface area contributed by atoms with E-state index in [2.05, 4.69) is 5.10 Å². The first-order valence-electron chi connectivity index (χ1n) is 7.92. The first-order valence-corrected chi connectivity index (χ1v) is 7.92. The van der Waals surface area contributed by atoms with Crippen LogP contribution in [-0.4, -0.2) is 51.9 Å². The van der Waals surface area contributed by atoms with Crippen LogP contribution in [-0.2, 0) is 18.4 Å². The van der Waals surface area contributed by atoms with Crippen LogP contribution in [0, 0.1) is 10.1 Å². The molecule has 0 atom stereocenters. The molecule has 1 aliphatic heterocycles. The van der Waals surface area contributed by atoms with Crippen LogP contribution in [0.4, 0.5) is 16.3 Å². The van der Waals surface area contributed by atoms with Gasteiger partial charge in [-0.15, -0.1) is 5.10 Å². The Morgan fingerprint density at radius 3 is 2.76 bits per heavy atom. The number of nitrogens with zero attached hydrogens (tertiary/aromatic N) is 5. The van der Waals surface area contributed by atoms with Crippen molar-refractivity contribution >= 4 is 17.5 Å². The number of rotatable bonds is 7. The number of benzene rings is 1. The summed E-state index contributed by atoms with van der Waals surface area (Å²) in [6, 6.07) is 9.50. The number of hydrogen-bond acceptors (Lipinski definition) is 5. The molecule has 1 saturated heterocycles. The van der Waals surface area contributed by atoms with Gasteiger partial charge in [0.05, 0.1) is 18.1 Å². The number of urea groups is 1. The number of hydrogen-bond donors (Lipinski definition) is 0. The van der Waals surface area contributed by atoms with Gasteiger partial charge in [0.2, 0.25) is 5.82 Å². The van der Waals surface area contributed by atoms with Gasteiger partial charge in [-0.25, -0.2) is 4.79 Å². The molecule has 2 amide bonds. The summed E-state index contributed by atoms with van der Waals surface area (Å²) in [4.78, 5) is 26.0. The van der Waals surface area contributed by atoms with Crippen molar-refractivity contribution in [3.05, 3.63) is 52.2 Å². The van der Waals surface area contributed by atoms with Crippen molar-refractivity contribution in [2.24, 2.45) is 7.05 Å². The summed E-state index contributed by atoms with van der Waals surface area (Å²) in [5.74, 6) is 0.0882. The molecule has 9 nitrogen and oxygen atoms in total. The number of amides is 2. The van der Waals surface area contributed by atoms with Crippen molar-refractivity contribution < 1.29 is 14.5 Å². The molecule has 2 aromatic rings. The molecule has 132 valence electrons. The van der Waals surface area contributed by atoms with E-state index >= 15 is 0 Å². The predicted molar refractivity (Wildman–Crippen MR) is 90.3 cm³/mol. The largest absolute Gasteiger partial charge is 0.375 e. The summed E-state index contributed by atoms with van der Waals surface area (Å²) >= 11 is 0. The Balaban J connectivity index is 1.54. The molecule has 9 heteroatoms. The molecular weight excluding hydrogens is 326 g/mol. The summed E-state index contributed by atoms with van der Waals surface area (Å²) in [5.41, 5.74) is 0.902. The fourth-order valence-corrected chi connectivity index (χ4v) is 2.71. The van der Waals surface area contributed by atoms with Crippen LogP contribution in [0.3, 0.4) is 0 Å². The zero-order valence-corrected chi connectivity index (χ0v) is 13.9. The summed E-state index contributed by atoms with van der Waals surface area (Å²) in [5, 5.41) is 15.2. The zero-order chi connectivity index (χ0) is 17.8. The Morgan fingerprint density at radius 2 is 2.04 bits per heavy atom. The van der Waals surface area contributed by atoms with Crippen LogP contribution in [0.5, 0.6) is 0 Å². The van der Waals surface area contributed by atoms with E-state index in [1.165, 1.54) is 15.8 Å². The molecule has 2 heterocycles. The minimum Gasteiger partial charge on any atom is -0.375 e. The third kappa shape index (κ3) is 3.77. The Bertz CT molecular complexity index is 761. The normalized spacial score (nSPS) is 14.4. The second kappa shape index (κ2) is 7.31. The highest BCUT2D eigenvalue weighted by atomic mass is 16.6. The number of carbonyl (C=O) groups is 1. The standard InChI is InChI=1S/C16H19N5O4/c1-18-11-14(21(23)24)15(17-18)20-8-7-19(16(20)22)9-10-25-12-13-5-3-2-4-6-13/h2-6,11H,7-10,12H2,1H3. The summed E-state index contributed by atoms with van der Waals surface area (Å²) < 4.78 is 6.94. The molecule has 1 aromatic carbocycles. The van der Waals surface area contributed by atoms with Crippen LogP contribution in [0.15, 0.2) is 36.5 Å². The van der Waals surface area contributed by atoms with Crippen LogP contribution < -0.4 is 4.90 Å². The van der Waals surface area contributed by atoms with E-state index < -0.39 is 4.92 Å². The summed E-state index contributed by atoms with van der Waals surface area (Å²) in [7, 11) is 1.59. The van der Waals surface area contributed by atoms with E-state index in [1.54, 1.807) is 11.9 Å². The summed E-state index contributed by atoms with van der Waals surface area (Å²) in [6.07, 6.45) is 1.30. The van der Waals surface area contributed by atoms with Crippen molar-refractivity contribution in [2.75, 3.05) is 31.1 Å². The molecule has 0 unspecified atom stereocenters. The molecular formula is C16H19N5O4. The van der Waals surface area contributed by atoms with Gasteiger partial charge < -0.3 is 9.64 Å². The lowest BCUT2D eigenvalue weighted by molar-refractivity contribution is -0.384. The number of aryl methyl sites for hydroxylation is 1.